The van der Waals surface area contributed by atoms with Gasteiger partial charge in [-0.25, -0.2) is 9.97 Å². The van der Waals surface area contributed by atoms with Crippen LogP contribution < -0.4 is 15.5 Å². The molecule has 0 atom stereocenters. The summed E-state index contributed by atoms with van der Waals surface area (Å²) in [6.45, 7) is 15.3. The summed E-state index contributed by atoms with van der Waals surface area (Å²) in [7, 11) is 0. The van der Waals surface area contributed by atoms with Crippen molar-refractivity contribution in [1.29, 1.82) is 0 Å². The van der Waals surface area contributed by atoms with Crippen LogP contribution in [0.5, 0.6) is 0 Å². The number of anilines is 3. The molecule has 1 aromatic carbocycles. The summed E-state index contributed by atoms with van der Waals surface area (Å²) >= 11 is 0. The smallest absolute Gasteiger partial charge is 0.172 e. The Bertz CT molecular complexity index is 808. The van der Waals surface area contributed by atoms with E-state index in [9.17, 15) is 0 Å². The van der Waals surface area contributed by atoms with E-state index in [2.05, 4.69) is 33.4 Å². The molecule has 2 aliphatic heterocycles. The van der Waals surface area contributed by atoms with Crippen molar-refractivity contribution < 1.29 is 0 Å². The Morgan fingerprint density at radius 3 is 1.69 bits per heavy atom. The molecule has 1 aromatic heterocycles. The standard InChI is InChI=1S/C22H35N7/c1-3-7-26-9-13-28(14-10-26)21-22(29-15-11-27(8-4-2)12-16-29)25-20-17-18(23)5-6-19(20)24-21/h5-6,17H,3-4,7-16,23H2,1-2H3. The molecule has 7 nitrogen and oxygen atoms in total. The maximum absolute atomic E-state index is 6.02. The molecule has 7 heteroatoms. The van der Waals surface area contributed by atoms with Crippen LogP contribution in [0.15, 0.2) is 18.2 Å². The van der Waals surface area contributed by atoms with Crippen LogP contribution >= 0.6 is 0 Å². The van der Waals surface area contributed by atoms with Crippen molar-refractivity contribution in [1.82, 2.24) is 19.8 Å². The van der Waals surface area contributed by atoms with E-state index < -0.39 is 0 Å². The Balaban J connectivity index is 1.61. The Kier molecular flexibility index (Phi) is 6.35. The summed E-state index contributed by atoms with van der Waals surface area (Å²) < 4.78 is 0. The van der Waals surface area contributed by atoms with E-state index >= 15 is 0 Å². The van der Waals surface area contributed by atoms with Gasteiger partial charge in [0.2, 0.25) is 0 Å². The first-order chi connectivity index (χ1) is 14.2. The second kappa shape index (κ2) is 9.13. The molecule has 2 saturated heterocycles. The van der Waals surface area contributed by atoms with E-state index in [1.54, 1.807) is 0 Å². The van der Waals surface area contributed by atoms with Gasteiger partial charge in [-0.3, -0.25) is 9.80 Å². The zero-order valence-corrected chi connectivity index (χ0v) is 18.0. The van der Waals surface area contributed by atoms with E-state index in [0.717, 1.165) is 80.7 Å². The van der Waals surface area contributed by atoms with Crippen LogP contribution in [0, 0.1) is 0 Å². The highest BCUT2D eigenvalue weighted by atomic mass is 15.3. The molecule has 0 spiro atoms. The average molecular weight is 398 g/mol. The lowest BCUT2D eigenvalue weighted by atomic mass is 10.2. The van der Waals surface area contributed by atoms with Gasteiger partial charge in [-0.2, -0.15) is 0 Å². The van der Waals surface area contributed by atoms with Gasteiger partial charge in [0.05, 0.1) is 11.0 Å². The van der Waals surface area contributed by atoms with Crippen LogP contribution in [0.1, 0.15) is 26.7 Å². The molecule has 158 valence electrons. The van der Waals surface area contributed by atoms with Crippen molar-refractivity contribution in [3.8, 4) is 0 Å². The molecule has 0 saturated carbocycles. The molecule has 2 fully saturated rings. The number of aromatic nitrogens is 2. The fourth-order valence-corrected chi connectivity index (χ4v) is 4.48. The number of hydrogen-bond acceptors (Lipinski definition) is 7. The Hall–Kier alpha value is -2.12. The summed E-state index contributed by atoms with van der Waals surface area (Å²) in [5.74, 6) is 2.07. The van der Waals surface area contributed by atoms with Crippen LogP contribution in [0.4, 0.5) is 17.3 Å². The van der Waals surface area contributed by atoms with Gasteiger partial charge in [-0.15, -0.1) is 0 Å². The molecule has 0 aliphatic carbocycles. The second-order valence-corrected chi connectivity index (χ2v) is 8.28. The van der Waals surface area contributed by atoms with Gasteiger partial charge in [0.25, 0.3) is 0 Å². The zero-order valence-electron chi connectivity index (χ0n) is 18.0. The zero-order chi connectivity index (χ0) is 20.2. The molecular formula is C22H35N7. The lowest BCUT2D eigenvalue weighted by Gasteiger charge is -2.39. The van der Waals surface area contributed by atoms with E-state index in [1.807, 2.05) is 18.2 Å². The van der Waals surface area contributed by atoms with Crippen LogP contribution in [-0.4, -0.2) is 85.2 Å². The van der Waals surface area contributed by atoms with Gasteiger partial charge in [-0.1, -0.05) is 13.8 Å². The average Bonchev–Trinajstić information content (AvgIpc) is 2.74. The largest absolute Gasteiger partial charge is 0.399 e. The van der Waals surface area contributed by atoms with Gasteiger partial charge in [-0.05, 0) is 44.1 Å². The van der Waals surface area contributed by atoms with Crippen LogP contribution in [-0.2, 0) is 0 Å². The van der Waals surface area contributed by atoms with Crippen LogP contribution in [0.3, 0.4) is 0 Å². The van der Waals surface area contributed by atoms with Gasteiger partial charge >= 0.3 is 0 Å². The molecule has 0 amide bonds. The van der Waals surface area contributed by atoms with E-state index in [4.69, 9.17) is 15.7 Å². The Morgan fingerprint density at radius 1 is 0.724 bits per heavy atom. The minimum Gasteiger partial charge on any atom is -0.399 e. The molecule has 2 aliphatic rings. The Morgan fingerprint density at radius 2 is 1.21 bits per heavy atom. The third-order valence-electron chi connectivity index (χ3n) is 6.08. The first kappa shape index (κ1) is 20.2. The summed E-state index contributed by atoms with van der Waals surface area (Å²) in [6, 6.07) is 5.86. The SMILES string of the molecule is CCCN1CCN(c2nc3ccc(N)cc3nc2N2CCN(CCC)CC2)CC1. The number of nitrogens with two attached hydrogens (primary N) is 1. The van der Waals surface area contributed by atoms with Gasteiger partial charge < -0.3 is 15.5 Å². The molecule has 0 bridgehead atoms. The van der Waals surface area contributed by atoms with Crippen molar-refractivity contribution in [2.24, 2.45) is 0 Å². The number of nitrogen functional groups attached to an aromatic ring is 1. The van der Waals surface area contributed by atoms with Crippen molar-refractivity contribution in [2.75, 3.05) is 81.0 Å². The van der Waals surface area contributed by atoms with E-state index in [-0.39, 0.29) is 0 Å². The maximum Gasteiger partial charge on any atom is 0.172 e. The lowest BCUT2D eigenvalue weighted by Crippen LogP contribution is -2.49. The highest BCUT2D eigenvalue weighted by Crippen LogP contribution is 2.30. The minimum atomic E-state index is 0.742. The molecule has 2 N–H and O–H groups in total. The first-order valence-electron chi connectivity index (χ1n) is 11.2. The number of piperazine rings is 2. The van der Waals surface area contributed by atoms with Crippen molar-refractivity contribution in [3.05, 3.63) is 18.2 Å². The lowest BCUT2D eigenvalue weighted by molar-refractivity contribution is 0.255. The predicted octanol–water partition coefficient (Wildman–Crippen LogP) is 2.28. The summed E-state index contributed by atoms with van der Waals surface area (Å²) in [5.41, 5.74) is 8.59. The number of rotatable bonds is 6. The van der Waals surface area contributed by atoms with Crippen molar-refractivity contribution in [3.63, 3.8) is 0 Å². The van der Waals surface area contributed by atoms with Crippen molar-refractivity contribution in [2.45, 2.75) is 26.7 Å². The van der Waals surface area contributed by atoms with E-state index in [1.165, 1.54) is 25.9 Å². The summed E-state index contributed by atoms with van der Waals surface area (Å²) in [4.78, 5) is 20.1. The van der Waals surface area contributed by atoms with Gasteiger partial charge in [0.15, 0.2) is 11.6 Å². The molecule has 29 heavy (non-hydrogen) atoms. The number of benzene rings is 1. The van der Waals surface area contributed by atoms with E-state index in [0.29, 0.717) is 0 Å². The maximum atomic E-state index is 6.02. The highest BCUT2D eigenvalue weighted by Gasteiger charge is 2.26. The minimum absolute atomic E-state index is 0.742. The summed E-state index contributed by atoms with van der Waals surface area (Å²) in [6.07, 6.45) is 2.42. The fourth-order valence-electron chi connectivity index (χ4n) is 4.48. The van der Waals surface area contributed by atoms with Gasteiger partial charge in [0.1, 0.15) is 0 Å². The van der Waals surface area contributed by atoms with Crippen LogP contribution in [0.2, 0.25) is 0 Å². The normalized spacial score (nSPS) is 19.2. The van der Waals surface area contributed by atoms with Crippen molar-refractivity contribution >= 4 is 28.4 Å². The molecule has 0 unspecified atom stereocenters. The third-order valence-corrected chi connectivity index (χ3v) is 6.08. The monoisotopic (exact) mass is 397 g/mol. The summed E-state index contributed by atoms with van der Waals surface area (Å²) in [5, 5.41) is 0. The topological polar surface area (TPSA) is 64.8 Å². The molecular weight excluding hydrogens is 362 g/mol. The van der Waals surface area contributed by atoms with Crippen LogP contribution in [0.25, 0.3) is 11.0 Å². The highest BCUT2D eigenvalue weighted by molar-refractivity contribution is 5.83. The predicted molar refractivity (Wildman–Crippen MR) is 122 cm³/mol. The third kappa shape index (κ3) is 4.56. The molecule has 0 radical (unpaired) electrons. The number of nitrogens with zero attached hydrogens (tertiary/aromatic N) is 6. The number of hydrogen-bond donors (Lipinski definition) is 1. The number of fused-ring (bicyclic) bond motifs is 1. The second-order valence-electron chi connectivity index (χ2n) is 8.28. The molecule has 4 rings (SSSR count). The molecule has 2 aromatic rings. The first-order valence-corrected chi connectivity index (χ1v) is 11.2. The quantitative estimate of drug-likeness (QED) is 0.750. The van der Waals surface area contributed by atoms with Gasteiger partial charge in [0, 0.05) is 58.0 Å². The fraction of sp³-hybridized carbons (Fsp3) is 0.636. The Labute approximate surface area is 174 Å². The molecule has 3 heterocycles.